The number of aryl methyl sites for hydroxylation is 2. The van der Waals surface area contributed by atoms with Gasteiger partial charge in [-0.1, -0.05) is 47.5 Å². The van der Waals surface area contributed by atoms with Gasteiger partial charge in [-0.15, -0.1) is 0 Å². The molecule has 0 aliphatic rings. The maximum Gasteiger partial charge on any atom is 0.243 e. The Balaban J connectivity index is 2.28. The molecule has 0 saturated carbocycles. The van der Waals surface area contributed by atoms with E-state index in [4.69, 9.17) is 0 Å². The normalized spacial score (nSPS) is 13.0. The number of nitrogens with one attached hydrogen (secondary N) is 1. The zero-order chi connectivity index (χ0) is 25.0. The van der Waals surface area contributed by atoms with Gasteiger partial charge in [0.2, 0.25) is 21.8 Å². The Bertz CT molecular complexity index is 1070. The highest BCUT2D eigenvalue weighted by molar-refractivity contribution is 7.89. The molecule has 0 aromatic heterocycles. The Morgan fingerprint density at radius 3 is 1.91 bits per heavy atom. The second-order valence-electron chi connectivity index (χ2n) is 9.50. The second-order valence-corrected chi connectivity index (χ2v) is 11.5. The van der Waals surface area contributed by atoms with Crippen molar-refractivity contribution >= 4 is 21.8 Å². The van der Waals surface area contributed by atoms with Gasteiger partial charge in [0.25, 0.3) is 0 Å². The lowest BCUT2D eigenvalue weighted by Gasteiger charge is -2.32. The third kappa shape index (κ3) is 7.40. The number of benzene rings is 2. The Hall–Kier alpha value is -2.71. The second kappa shape index (κ2) is 10.5. The lowest BCUT2D eigenvalue weighted by Crippen LogP contribution is -2.54. The molecule has 2 aromatic rings. The summed E-state index contributed by atoms with van der Waals surface area (Å²) >= 11 is 0. The molecule has 7 nitrogen and oxygen atoms in total. The van der Waals surface area contributed by atoms with E-state index in [9.17, 15) is 18.0 Å². The van der Waals surface area contributed by atoms with Crippen LogP contribution in [-0.2, 0) is 26.2 Å². The van der Waals surface area contributed by atoms with Gasteiger partial charge in [0.05, 0.1) is 11.4 Å². The molecule has 0 heterocycles. The summed E-state index contributed by atoms with van der Waals surface area (Å²) in [6.45, 7) is 10.9. The minimum Gasteiger partial charge on any atom is -0.350 e. The van der Waals surface area contributed by atoms with Gasteiger partial charge >= 0.3 is 0 Å². The van der Waals surface area contributed by atoms with E-state index < -0.39 is 27.5 Å². The molecule has 180 valence electrons. The van der Waals surface area contributed by atoms with Gasteiger partial charge in [-0.25, -0.2) is 8.42 Å². The molecule has 8 heteroatoms. The van der Waals surface area contributed by atoms with Crippen LogP contribution in [0, 0.1) is 13.8 Å². The first-order chi connectivity index (χ1) is 15.2. The van der Waals surface area contributed by atoms with Gasteiger partial charge in [-0.05, 0) is 59.2 Å². The van der Waals surface area contributed by atoms with E-state index in [1.54, 1.807) is 19.1 Å². The maximum atomic E-state index is 13.3. The quantitative estimate of drug-likeness (QED) is 0.638. The van der Waals surface area contributed by atoms with Crippen molar-refractivity contribution in [3.8, 4) is 0 Å². The molecule has 0 aliphatic carbocycles. The van der Waals surface area contributed by atoms with E-state index in [1.165, 1.54) is 24.1 Å². The van der Waals surface area contributed by atoms with Gasteiger partial charge in [0, 0.05) is 19.1 Å². The van der Waals surface area contributed by atoms with Crippen molar-refractivity contribution in [1.29, 1.82) is 0 Å². The number of likely N-dealkylation sites (N-methyl/N-ethyl adjacent to an activating group) is 1. The van der Waals surface area contributed by atoms with E-state index in [1.807, 2.05) is 58.9 Å². The summed E-state index contributed by atoms with van der Waals surface area (Å²) in [6, 6.07) is 13.4. The smallest absolute Gasteiger partial charge is 0.243 e. The van der Waals surface area contributed by atoms with Crippen LogP contribution in [-0.4, -0.2) is 54.6 Å². The summed E-state index contributed by atoms with van der Waals surface area (Å²) in [7, 11) is -2.48. The Morgan fingerprint density at radius 2 is 1.42 bits per heavy atom. The maximum absolute atomic E-state index is 13.3. The van der Waals surface area contributed by atoms with Gasteiger partial charge in [0.1, 0.15) is 6.04 Å². The highest BCUT2D eigenvalue weighted by atomic mass is 32.2. The van der Waals surface area contributed by atoms with E-state index >= 15 is 0 Å². The van der Waals surface area contributed by atoms with Crippen molar-refractivity contribution in [2.24, 2.45) is 0 Å². The lowest BCUT2D eigenvalue weighted by atomic mass is 10.1. The molecule has 0 saturated heterocycles. The van der Waals surface area contributed by atoms with Crippen molar-refractivity contribution in [3.63, 3.8) is 0 Å². The Labute approximate surface area is 197 Å². The molecular formula is C25H35N3O4S. The molecule has 0 spiro atoms. The SMILES string of the molecule is Cc1ccc(CN(C(=O)CN(C)S(=O)(=O)c2ccc(C)cc2)[C@@H](C)C(=O)NC(C)(C)C)cc1. The van der Waals surface area contributed by atoms with Crippen LogP contribution in [0.5, 0.6) is 0 Å². The first-order valence-corrected chi connectivity index (χ1v) is 12.3. The summed E-state index contributed by atoms with van der Waals surface area (Å²) in [5, 5.41) is 2.90. The summed E-state index contributed by atoms with van der Waals surface area (Å²) in [5.74, 6) is -0.752. The number of carbonyl (C=O) groups excluding carboxylic acids is 2. The minimum absolute atomic E-state index is 0.118. The van der Waals surface area contributed by atoms with Crippen LogP contribution in [0.1, 0.15) is 44.4 Å². The summed E-state index contributed by atoms with van der Waals surface area (Å²) in [6.07, 6.45) is 0. The minimum atomic E-state index is -3.85. The lowest BCUT2D eigenvalue weighted by molar-refractivity contribution is -0.141. The molecule has 0 unspecified atom stereocenters. The van der Waals surface area contributed by atoms with Crippen LogP contribution >= 0.6 is 0 Å². The molecule has 2 amide bonds. The number of nitrogens with zero attached hydrogens (tertiary/aromatic N) is 2. The number of hydrogen-bond donors (Lipinski definition) is 1. The van der Waals surface area contributed by atoms with Crippen molar-refractivity contribution < 1.29 is 18.0 Å². The molecule has 2 rings (SSSR count). The zero-order valence-corrected chi connectivity index (χ0v) is 21.4. The number of carbonyl (C=O) groups is 2. The van der Waals surface area contributed by atoms with Crippen LogP contribution in [0.2, 0.25) is 0 Å². The molecule has 0 radical (unpaired) electrons. The van der Waals surface area contributed by atoms with Crippen LogP contribution in [0.4, 0.5) is 0 Å². The highest BCUT2D eigenvalue weighted by Gasteiger charge is 2.31. The molecule has 0 aliphatic heterocycles. The fraction of sp³-hybridized carbons (Fsp3) is 0.440. The van der Waals surface area contributed by atoms with E-state index in [0.29, 0.717) is 0 Å². The number of amides is 2. The van der Waals surface area contributed by atoms with E-state index in [2.05, 4.69) is 5.32 Å². The molecule has 2 aromatic carbocycles. The highest BCUT2D eigenvalue weighted by Crippen LogP contribution is 2.17. The monoisotopic (exact) mass is 473 g/mol. The van der Waals surface area contributed by atoms with Crippen LogP contribution < -0.4 is 5.32 Å². The molecule has 0 fully saturated rings. The summed E-state index contributed by atoms with van der Waals surface area (Å²) in [5.41, 5.74) is 2.42. The summed E-state index contributed by atoms with van der Waals surface area (Å²) in [4.78, 5) is 27.7. The average molecular weight is 474 g/mol. The first kappa shape index (κ1) is 26.5. The standard InChI is InChI=1S/C25H35N3O4S/c1-18-8-12-21(13-9-18)16-28(20(3)24(30)26-25(4,5)6)23(29)17-27(7)33(31,32)22-14-10-19(2)11-15-22/h8-15,20H,16-17H2,1-7H3,(H,26,30)/t20-/m0/s1. The largest absolute Gasteiger partial charge is 0.350 e. The van der Waals surface area contributed by atoms with Crippen molar-refractivity contribution in [2.45, 2.75) is 64.6 Å². The third-order valence-corrected chi connectivity index (χ3v) is 7.04. The van der Waals surface area contributed by atoms with Gasteiger partial charge in [-0.3, -0.25) is 9.59 Å². The van der Waals surface area contributed by atoms with Gasteiger partial charge in [-0.2, -0.15) is 4.31 Å². The van der Waals surface area contributed by atoms with Crippen LogP contribution in [0.3, 0.4) is 0 Å². The number of sulfonamides is 1. The molecule has 1 atom stereocenters. The van der Waals surface area contributed by atoms with Crippen molar-refractivity contribution in [1.82, 2.24) is 14.5 Å². The molecular weight excluding hydrogens is 438 g/mol. The van der Waals surface area contributed by atoms with Crippen LogP contribution in [0.15, 0.2) is 53.4 Å². The predicted octanol–water partition coefficient (Wildman–Crippen LogP) is 3.26. The average Bonchev–Trinajstić information content (AvgIpc) is 2.71. The fourth-order valence-electron chi connectivity index (χ4n) is 3.20. The van der Waals surface area contributed by atoms with Gasteiger partial charge in [0.15, 0.2) is 0 Å². The zero-order valence-electron chi connectivity index (χ0n) is 20.5. The van der Waals surface area contributed by atoms with Crippen LogP contribution in [0.25, 0.3) is 0 Å². The molecule has 33 heavy (non-hydrogen) atoms. The molecule has 0 bridgehead atoms. The topological polar surface area (TPSA) is 86.8 Å². The van der Waals surface area contributed by atoms with E-state index in [0.717, 1.165) is 21.0 Å². The fourth-order valence-corrected chi connectivity index (χ4v) is 4.32. The first-order valence-electron chi connectivity index (χ1n) is 10.9. The van der Waals surface area contributed by atoms with Gasteiger partial charge < -0.3 is 10.2 Å². The summed E-state index contributed by atoms with van der Waals surface area (Å²) < 4.78 is 27.0. The number of hydrogen-bond acceptors (Lipinski definition) is 4. The molecule has 1 N–H and O–H groups in total. The third-order valence-electron chi connectivity index (χ3n) is 5.23. The Morgan fingerprint density at radius 1 is 0.939 bits per heavy atom. The predicted molar refractivity (Wildman–Crippen MR) is 130 cm³/mol. The van der Waals surface area contributed by atoms with Crippen molar-refractivity contribution in [2.75, 3.05) is 13.6 Å². The van der Waals surface area contributed by atoms with E-state index in [-0.39, 0.29) is 23.9 Å². The van der Waals surface area contributed by atoms with Crippen molar-refractivity contribution in [3.05, 3.63) is 65.2 Å². The Kier molecular flexibility index (Phi) is 8.43. The number of rotatable bonds is 8.